The van der Waals surface area contributed by atoms with Gasteiger partial charge in [0.25, 0.3) is 5.91 Å². The van der Waals surface area contributed by atoms with Gasteiger partial charge in [0.1, 0.15) is 17.3 Å². The summed E-state index contributed by atoms with van der Waals surface area (Å²) in [4.78, 5) is 17.1. The lowest BCUT2D eigenvalue weighted by Gasteiger charge is -2.14. The highest BCUT2D eigenvalue weighted by Crippen LogP contribution is 2.30. The number of methoxy groups -OCH3 is 2. The van der Waals surface area contributed by atoms with Crippen molar-refractivity contribution in [2.75, 3.05) is 24.9 Å². The molecule has 0 radical (unpaired) electrons. The number of nitrogens with zero attached hydrogens (tertiary/aromatic N) is 1. The largest absolute Gasteiger partial charge is 0.497 e. The molecule has 29 heavy (non-hydrogen) atoms. The molecule has 0 saturated carbocycles. The van der Waals surface area contributed by atoms with E-state index in [4.69, 9.17) is 9.47 Å². The van der Waals surface area contributed by atoms with Crippen LogP contribution < -0.4 is 20.1 Å². The van der Waals surface area contributed by atoms with Gasteiger partial charge in [-0.15, -0.1) is 0 Å². The Balaban J connectivity index is 1.82. The highest BCUT2D eigenvalue weighted by Gasteiger charge is 2.13. The molecular formula is C23H25N3O3. The number of carbonyl (C=O) groups excluding carboxylic acids is 1. The normalized spacial score (nSPS) is 10.3. The summed E-state index contributed by atoms with van der Waals surface area (Å²) in [5, 5.41) is 6.24. The first-order chi connectivity index (χ1) is 14.0. The van der Waals surface area contributed by atoms with Crippen LogP contribution in [-0.2, 0) is 6.42 Å². The Hall–Kier alpha value is -3.54. The van der Waals surface area contributed by atoms with Crippen LogP contribution in [0.1, 0.15) is 28.4 Å². The molecule has 1 aromatic heterocycles. The number of aryl methyl sites for hydroxylation is 2. The topological polar surface area (TPSA) is 72.5 Å². The molecule has 0 aliphatic carbocycles. The van der Waals surface area contributed by atoms with Gasteiger partial charge in [-0.2, -0.15) is 0 Å². The average molecular weight is 391 g/mol. The third kappa shape index (κ3) is 4.66. The molecule has 3 aromatic rings. The first-order valence-corrected chi connectivity index (χ1v) is 9.40. The van der Waals surface area contributed by atoms with Crippen LogP contribution in [0.15, 0.2) is 54.7 Å². The minimum Gasteiger partial charge on any atom is -0.497 e. The third-order valence-electron chi connectivity index (χ3n) is 4.67. The summed E-state index contributed by atoms with van der Waals surface area (Å²) in [7, 11) is 3.13. The smallest absolute Gasteiger partial charge is 0.255 e. The van der Waals surface area contributed by atoms with Crippen molar-refractivity contribution >= 4 is 23.1 Å². The molecule has 0 unspecified atom stereocenters. The number of para-hydroxylation sites is 1. The number of carbonyl (C=O) groups is 1. The minimum absolute atomic E-state index is 0.251. The van der Waals surface area contributed by atoms with Crippen molar-refractivity contribution in [1.82, 2.24) is 4.98 Å². The van der Waals surface area contributed by atoms with E-state index in [1.807, 2.05) is 19.1 Å². The number of hydrogen-bond acceptors (Lipinski definition) is 5. The van der Waals surface area contributed by atoms with Crippen LogP contribution in [0.5, 0.6) is 11.5 Å². The second kappa shape index (κ2) is 9.10. The van der Waals surface area contributed by atoms with E-state index in [9.17, 15) is 4.79 Å². The fourth-order valence-electron chi connectivity index (χ4n) is 3.07. The Labute approximate surface area is 170 Å². The Morgan fingerprint density at radius 1 is 1.07 bits per heavy atom. The van der Waals surface area contributed by atoms with Crippen molar-refractivity contribution in [2.24, 2.45) is 0 Å². The summed E-state index contributed by atoms with van der Waals surface area (Å²) >= 11 is 0. The average Bonchev–Trinajstić information content (AvgIpc) is 2.75. The monoisotopic (exact) mass is 391 g/mol. The van der Waals surface area contributed by atoms with Crippen molar-refractivity contribution in [3.63, 3.8) is 0 Å². The van der Waals surface area contributed by atoms with Crippen molar-refractivity contribution < 1.29 is 14.3 Å². The molecule has 6 heteroatoms. The highest BCUT2D eigenvalue weighted by molar-refractivity contribution is 6.05. The zero-order chi connectivity index (χ0) is 20.8. The molecule has 3 rings (SSSR count). The maximum Gasteiger partial charge on any atom is 0.255 e. The molecule has 1 heterocycles. The molecule has 0 saturated heterocycles. The van der Waals surface area contributed by atoms with Crippen LogP contribution in [-0.4, -0.2) is 25.1 Å². The number of hydrogen-bond donors (Lipinski definition) is 2. The molecule has 1 amide bonds. The van der Waals surface area contributed by atoms with E-state index >= 15 is 0 Å². The zero-order valence-corrected chi connectivity index (χ0v) is 17.1. The van der Waals surface area contributed by atoms with Crippen molar-refractivity contribution in [2.45, 2.75) is 20.3 Å². The SMILES string of the molecule is CCc1cccc(C)c1Nc1cc(C(=O)Nc2ccc(OC)cc2OC)ccn1. The Morgan fingerprint density at radius 2 is 1.90 bits per heavy atom. The van der Waals surface area contributed by atoms with E-state index in [1.165, 1.54) is 5.56 Å². The maximum absolute atomic E-state index is 12.8. The van der Waals surface area contributed by atoms with Crippen LogP contribution in [0.3, 0.4) is 0 Å². The first-order valence-electron chi connectivity index (χ1n) is 9.40. The molecule has 0 bridgehead atoms. The predicted molar refractivity (Wildman–Crippen MR) is 116 cm³/mol. The number of aromatic nitrogens is 1. The van der Waals surface area contributed by atoms with Gasteiger partial charge in [-0.25, -0.2) is 4.98 Å². The van der Waals surface area contributed by atoms with Crippen LogP contribution in [0.4, 0.5) is 17.2 Å². The van der Waals surface area contributed by atoms with Gasteiger partial charge in [0.2, 0.25) is 0 Å². The summed E-state index contributed by atoms with van der Waals surface area (Å²) < 4.78 is 10.5. The second-order valence-electron chi connectivity index (χ2n) is 6.54. The van der Waals surface area contributed by atoms with Crippen molar-refractivity contribution in [3.8, 4) is 11.5 Å². The molecule has 0 fully saturated rings. The van der Waals surface area contributed by atoms with Crippen LogP contribution >= 0.6 is 0 Å². The Bertz CT molecular complexity index is 1020. The number of rotatable bonds is 7. The van der Waals surface area contributed by atoms with E-state index in [1.54, 1.807) is 50.7 Å². The summed E-state index contributed by atoms with van der Waals surface area (Å²) in [6.07, 6.45) is 2.52. The Morgan fingerprint density at radius 3 is 2.62 bits per heavy atom. The van der Waals surface area contributed by atoms with Gasteiger partial charge in [0.05, 0.1) is 19.9 Å². The predicted octanol–water partition coefficient (Wildman–Crippen LogP) is 4.97. The second-order valence-corrected chi connectivity index (χ2v) is 6.54. The molecule has 2 N–H and O–H groups in total. The fourth-order valence-corrected chi connectivity index (χ4v) is 3.07. The van der Waals surface area contributed by atoms with E-state index in [0.717, 1.165) is 17.7 Å². The van der Waals surface area contributed by atoms with E-state index in [2.05, 4.69) is 28.6 Å². The molecular weight excluding hydrogens is 366 g/mol. The molecule has 0 aliphatic rings. The minimum atomic E-state index is -0.251. The van der Waals surface area contributed by atoms with Gasteiger partial charge in [0, 0.05) is 23.5 Å². The summed E-state index contributed by atoms with van der Waals surface area (Å²) in [6, 6.07) is 14.8. The number of nitrogens with one attached hydrogen (secondary N) is 2. The lowest BCUT2D eigenvalue weighted by Crippen LogP contribution is -2.13. The summed E-state index contributed by atoms with van der Waals surface area (Å²) in [6.45, 7) is 4.16. The first kappa shape index (κ1) is 20.2. The third-order valence-corrected chi connectivity index (χ3v) is 4.67. The molecule has 2 aromatic carbocycles. The lowest BCUT2D eigenvalue weighted by atomic mass is 10.1. The summed E-state index contributed by atoms with van der Waals surface area (Å²) in [5.41, 5.74) is 4.41. The number of benzene rings is 2. The fraction of sp³-hybridized carbons (Fsp3) is 0.217. The molecule has 6 nitrogen and oxygen atoms in total. The van der Waals surface area contributed by atoms with E-state index in [-0.39, 0.29) is 5.91 Å². The van der Waals surface area contributed by atoms with Gasteiger partial charge in [-0.3, -0.25) is 4.79 Å². The highest BCUT2D eigenvalue weighted by atomic mass is 16.5. The van der Waals surface area contributed by atoms with Crippen LogP contribution in [0, 0.1) is 6.92 Å². The molecule has 0 spiro atoms. The molecule has 0 atom stereocenters. The van der Waals surface area contributed by atoms with Gasteiger partial charge < -0.3 is 20.1 Å². The lowest BCUT2D eigenvalue weighted by molar-refractivity contribution is 0.102. The number of ether oxygens (including phenoxy) is 2. The summed E-state index contributed by atoms with van der Waals surface area (Å²) in [5.74, 6) is 1.54. The van der Waals surface area contributed by atoms with Gasteiger partial charge in [-0.05, 0) is 48.7 Å². The zero-order valence-electron chi connectivity index (χ0n) is 17.1. The standard InChI is InChI=1S/C23H25N3O3/c1-5-16-8-6-7-15(2)22(16)26-21-13-17(11-12-24-21)23(27)25-19-10-9-18(28-3)14-20(19)29-4/h6-14H,5H2,1-4H3,(H,24,26)(H,25,27). The Kier molecular flexibility index (Phi) is 6.34. The quantitative estimate of drug-likeness (QED) is 0.595. The van der Waals surface area contributed by atoms with Crippen LogP contribution in [0.2, 0.25) is 0 Å². The van der Waals surface area contributed by atoms with Crippen molar-refractivity contribution in [3.05, 3.63) is 71.4 Å². The molecule has 0 aliphatic heterocycles. The van der Waals surface area contributed by atoms with Crippen molar-refractivity contribution in [1.29, 1.82) is 0 Å². The van der Waals surface area contributed by atoms with Gasteiger partial charge >= 0.3 is 0 Å². The van der Waals surface area contributed by atoms with Gasteiger partial charge in [0.15, 0.2) is 0 Å². The number of amides is 1. The molecule has 150 valence electrons. The van der Waals surface area contributed by atoms with E-state index < -0.39 is 0 Å². The van der Waals surface area contributed by atoms with E-state index in [0.29, 0.717) is 28.6 Å². The number of anilines is 3. The van der Waals surface area contributed by atoms with Crippen LogP contribution in [0.25, 0.3) is 0 Å². The van der Waals surface area contributed by atoms with Gasteiger partial charge in [-0.1, -0.05) is 25.1 Å². The number of pyridine rings is 1. The maximum atomic E-state index is 12.8.